The van der Waals surface area contributed by atoms with Gasteiger partial charge in [-0.05, 0) is 17.7 Å². The number of nitrogens with zero attached hydrogens (tertiary/aromatic N) is 2. The highest BCUT2D eigenvalue weighted by Gasteiger charge is 2.32. The molecule has 6 heteroatoms. The standard InChI is InChI=1S/C22H22N2O4/c1-26-17-10-6-9-16(13-17)20-18-14-24(12-11-19(18)28-23-20)22(25)21(27-2)15-7-4-3-5-8-15/h3-10,13,21H,11-12,14H2,1-2H3. The van der Waals surface area contributed by atoms with Crippen LogP contribution in [0.15, 0.2) is 59.1 Å². The third-order valence-corrected chi connectivity index (χ3v) is 5.04. The van der Waals surface area contributed by atoms with Crippen LogP contribution in [-0.2, 0) is 22.5 Å². The maximum atomic E-state index is 13.1. The number of fused-ring (bicyclic) bond motifs is 1. The van der Waals surface area contributed by atoms with Gasteiger partial charge in [0.05, 0.1) is 13.7 Å². The van der Waals surface area contributed by atoms with Crippen molar-refractivity contribution in [3.8, 4) is 17.0 Å². The van der Waals surface area contributed by atoms with Crippen molar-refractivity contribution in [1.29, 1.82) is 0 Å². The molecule has 0 N–H and O–H groups in total. The topological polar surface area (TPSA) is 64.8 Å². The van der Waals surface area contributed by atoms with Crippen molar-refractivity contribution in [2.75, 3.05) is 20.8 Å². The van der Waals surface area contributed by atoms with Gasteiger partial charge in [-0.15, -0.1) is 0 Å². The Bertz CT molecular complexity index is 968. The number of rotatable bonds is 5. The van der Waals surface area contributed by atoms with Gasteiger partial charge in [0.1, 0.15) is 17.2 Å². The normalized spacial score (nSPS) is 14.4. The molecule has 0 spiro atoms. The molecular formula is C22H22N2O4. The third-order valence-electron chi connectivity index (χ3n) is 5.04. The van der Waals surface area contributed by atoms with E-state index < -0.39 is 6.10 Å². The van der Waals surface area contributed by atoms with E-state index in [0.717, 1.165) is 33.9 Å². The minimum Gasteiger partial charge on any atom is -0.497 e. The molecule has 0 saturated heterocycles. The zero-order chi connectivity index (χ0) is 19.5. The van der Waals surface area contributed by atoms with E-state index in [0.29, 0.717) is 19.5 Å². The number of hydrogen-bond acceptors (Lipinski definition) is 5. The number of amides is 1. The lowest BCUT2D eigenvalue weighted by molar-refractivity contribution is -0.143. The minimum absolute atomic E-state index is 0.0582. The van der Waals surface area contributed by atoms with Crippen LogP contribution in [0.25, 0.3) is 11.3 Å². The SMILES string of the molecule is COc1cccc(-c2noc3c2CN(C(=O)C(OC)c2ccccc2)CC3)c1. The van der Waals surface area contributed by atoms with Crippen molar-refractivity contribution >= 4 is 5.91 Å². The number of carbonyl (C=O) groups is 1. The molecule has 1 aromatic heterocycles. The van der Waals surface area contributed by atoms with E-state index in [-0.39, 0.29) is 5.91 Å². The monoisotopic (exact) mass is 378 g/mol. The summed E-state index contributed by atoms with van der Waals surface area (Å²) in [5, 5.41) is 4.26. The molecule has 0 saturated carbocycles. The molecule has 6 nitrogen and oxygen atoms in total. The third kappa shape index (κ3) is 3.39. The first-order valence-electron chi connectivity index (χ1n) is 9.19. The van der Waals surface area contributed by atoms with Crippen LogP contribution < -0.4 is 4.74 Å². The summed E-state index contributed by atoms with van der Waals surface area (Å²) in [5.74, 6) is 1.52. The molecule has 0 radical (unpaired) electrons. The molecular weight excluding hydrogens is 356 g/mol. The van der Waals surface area contributed by atoms with E-state index in [4.69, 9.17) is 14.0 Å². The average Bonchev–Trinajstić information content (AvgIpc) is 3.18. The van der Waals surface area contributed by atoms with E-state index in [1.807, 2.05) is 59.5 Å². The smallest absolute Gasteiger partial charge is 0.256 e. The van der Waals surface area contributed by atoms with Crippen LogP contribution in [0.2, 0.25) is 0 Å². The van der Waals surface area contributed by atoms with Crippen molar-refractivity contribution in [3.63, 3.8) is 0 Å². The molecule has 0 fully saturated rings. The van der Waals surface area contributed by atoms with E-state index in [1.165, 1.54) is 0 Å². The largest absolute Gasteiger partial charge is 0.497 e. The highest BCUT2D eigenvalue weighted by molar-refractivity contribution is 5.83. The quantitative estimate of drug-likeness (QED) is 0.678. The van der Waals surface area contributed by atoms with Gasteiger partial charge in [0.25, 0.3) is 5.91 Å². The number of aromatic nitrogens is 1. The first kappa shape index (κ1) is 18.3. The molecule has 1 aliphatic heterocycles. The number of carbonyl (C=O) groups excluding carboxylic acids is 1. The van der Waals surface area contributed by atoms with Crippen molar-refractivity contribution in [2.45, 2.75) is 19.1 Å². The Morgan fingerprint density at radius 1 is 1.14 bits per heavy atom. The Kier molecular flexibility index (Phi) is 5.12. The molecule has 0 aliphatic carbocycles. The van der Waals surface area contributed by atoms with Crippen LogP contribution in [0.4, 0.5) is 0 Å². The van der Waals surface area contributed by atoms with Crippen LogP contribution in [0.1, 0.15) is 23.0 Å². The number of methoxy groups -OCH3 is 2. The van der Waals surface area contributed by atoms with Gasteiger partial charge in [0.2, 0.25) is 0 Å². The Hall–Kier alpha value is -3.12. The molecule has 1 amide bonds. The van der Waals surface area contributed by atoms with Gasteiger partial charge in [-0.25, -0.2) is 0 Å². The Labute approximate surface area is 163 Å². The van der Waals surface area contributed by atoms with E-state index in [2.05, 4.69) is 5.16 Å². The highest BCUT2D eigenvalue weighted by Crippen LogP contribution is 2.32. The summed E-state index contributed by atoms with van der Waals surface area (Å²) in [6, 6.07) is 17.2. The van der Waals surface area contributed by atoms with Gasteiger partial charge in [0, 0.05) is 31.2 Å². The van der Waals surface area contributed by atoms with Crippen molar-refractivity contribution in [3.05, 3.63) is 71.5 Å². The zero-order valence-corrected chi connectivity index (χ0v) is 15.9. The molecule has 3 aromatic rings. The van der Waals surface area contributed by atoms with E-state index >= 15 is 0 Å². The second kappa shape index (κ2) is 7.86. The van der Waals surface area contributed by atoms with Gasteiger partial charge < -0.3 is 18.9 Å². The second-order valence-corrected chi connectivity index (χ2v) is 6.70. The summed E-state index contributed by atoms with van der Waals surface area (Å²) in [6.45, 7) is 1.02. The molecule has 1 unspecified atom stereocenters. The fourth-order valence-electron chi connectivity index (χ4n) is 3.57. The van der Waals surface area contributed by atoms with Gasteiger partial charge >= 0.3 is 0 Å². The predicted molar refractivity (Wildman–Crippen MR) is 104 cm³/mol. The minimum atomic E-state index is -0.622. The zero-order valence-electron chi connectivity index (χ0n) is 15.9. The first-order chi connectivity index (χ1) is 13.7. The lowest BCUT2D eigenvalue weighted by atomic mass is 10.00. The summed E-state index contributed by atoms with van der Waals surface area (Å²) in [5.41, 5.74) is 3.44. The molecule has 144 valence electrons. The van der Waals surface area contributed by atoms with Crippen LogP contribution in [0.5, 0.6) is 5.75 Å². The average molecular weight is 378 g/mol. The summed E-state index contributed by atoms with van der Waals surface area (Å²) in [4.78, 5) is 14.9. The fourth-order valence-corrected chi connectivity index (χ4v) is 3.57. The predicted octanol–water partition coefficient (Wildman–Crippen LogP) is 3.62. The van der Waals surface area contributed by atoms with Crippen molar-refractivity contribution in [2.24, 2.45) is 0 Å². The summed E-state index contributed by atoms with van der Waals surface area (Å²) < 4.78 is 16.4. The Morgan fingerprint density at radius 2 is 1.96 bits per heavy atom. The van der Waals surface area contributed by atoms with Crippen LogP contribution in [-0.4, -0.2) is 36.7 Å². The first-order valence-corrected chi connectivity index (χ1v) is 9.19. The molecule has 0 bridgehead atoms. The van der Waals surface area contributed by atoms with Crippen LogP contribution in [0.3, 0.4) is 0 Å². The van der Waals surface area contributed by atoms with Gasteiger partial charge in [-0.3, -0.25) is 4.79 Å². The van der Waals surface area contributed by atoms with Crippen molar-refractivity contribution < 1.29 is 18.8 Å². The maximum absolute atomic E-state index is 13.1. The summed E-state index contributed by atoms with van der Waals surface area (Å²) >= 11 is 0. The van der Waals surface area contributed by atoms with Crippen molar-refractivity contribution in [1.82, 2.24) is 10.1 Å². The summed E-state index contributed by atoms with van der Waals surface area (Å²) in [7, 11) is 3.19. The Balaban J connectivity index is 1.61. The van der Waals surface area contributed by atoms with E-state index in [9.17, 15) is 4.79 Å². The molecule has 1 aliphatic rings. The number of benzene rings is 2. The Morgan fingerprint density at radius 3 is 2.71 bits per heavy atom. The molecule has 28 heavy (non-hydrogen) atoms. The fraction of sp³-hybridized carbons (Fsp3) is 0.273. The van der Waals surface area contributed by atoms with Gasteiger partial charge in [-0.2, -0.15) is 0 Å². The highest BCUT2D eigenvalue weighted by atomic mass is 16.5. The molecule has 2 heterocycles. The second-order valence-electron chi connectivity index (χ2n) is 6.70. The van der Waals surface area contributed by atoms with Crippen LogP contribution in [0, 0.1) is 0 Å². The van der Waals surface area contributed by atoms with Crippen LogP contribution >= 0.6 is 0 Å². The van der Waals surface area contributed by atoms with Gasteiger partial charge in [-0.1, -0.05) is 47.6 Å². The maximum Gasteiger partial charge on any atom is 0.256 e. The molecule has 2 aromatic carbocycles. The number of ether oxygens (including phenoxy) is 2. The van der Waals surface area contributed by atoms with Gasteiger partial charge in [0.15, 0.2) is 6.10 Å². The summed E-state index contributed by atoms with van der Waals surface area (Å²) in [6.07, 6.45) is 0.00591. The molecule has 4 rings (SSSR count). The van der Waals surface area contributed by atoms with E-state index in [1.54, 1.807) is 14.2 Å². The number of hydrogen-bond donors (Lipinski definition) is 0. The lowest BCUT2D eigenvalue weighted by Crippen LogP contribution is -2.39. The lowest BCUT2D eigenvalue weighted by Gasteiger charge is -2.29. The molecule has 1 atom stereocenters.